The van der Waals surface area contributed by atoms with Gasteiger partial charge in [-0.2, -0.15) is 4.31 Å². The minimum Gasteiger partial charge on any atom is -0.496 e. The van der Waals surface area contributed by atoms with Crippen molar-refractivity contribution < 1.29 is 27.5 Å². The number of nitrogens with zero attached hydrogens (tertiary/aromatic N) is 1. The first kappa shape index (κ1) is 24.0. The molecule has 1 aliphatic rings. The summed E-state index contributed by atoms with van der Waals surface area (Å²) in [6.45, 7) is 0.548. The van der Waals surface area contributed by atoms with Crippen LogP contribution in [0.15, 0.2) is 47.4 Å². The Kier molecular flexibility index (Phi) is 8.11. The molecule has 8 nitrogen and oxygen atoms in total. The number of carbonyl (C=O) groups is 2. The predicted octanol–water partition coefficient (Wildman–Crippen LogP) is 3.00. The van der Waals surface area contributed by atoms with Crippen molar-refractivity contribution in [3.63, 3.8) is 0 Å². The molecule has 0 aliphatic carbocycles. The van der Waals surface area contributed by atoms with E-state index in [0.717, 1.165) is 24.8 Å². The third-order valence-corrected chi connectivity index (χ3v) is 7.34. The Hall–Kier alpha value is -2.62. The topological polar surface area (TPSA) is 102 Å². The third-order valence-electron chi connectivity index (χ3n) is 5.11. The van der Waals surface area contributed by atoms with Crippen LogP contribution in [-0.2, 0) is 26.1 Å². The van der Waals surface area contributed by atoms with Crippen molar-refractivity contribution in [2.24, 2.45) is 0 Å². The molecule has 0 atom stereocenters. The summed E-state index contributed by atoms with van der Waals surface area (Å²) in [4.78, 5) is 24.6. The number of nitrogens with one attached hydrogen (secondary N) is 1. The van der Waals surface area contributed by atoms with Crippen LogP contribution >= 0.6 is 11.6 Å². The minimum absolute atomic E-state index is 0.0311. The summed E-state index contributed by atoms with van der Waals surface area (Å²) in [6.07, 6.45) is 2.58. The second-order valence-electron chi connectivity index (χ2n) is 7.27. The Morgan fingerprint density at radius 2 is 1.81 bits per heavy atom. The average Bonchev–Trinajstić information content (AvgIpc) is 2.82. The number of benzene rings is 2. The summed E-state index contributed by atoms with van der Waals surface area (Å²) >= 11 is 6.09. The van der Waals surface area contributed by atoms with Gasteiger partial charge in [0.1, 0.15) is 5.75 Å². The van der Waals surface area contributed by atoms with Crippen molar-refractivity contribution in [3.8, 4) is 5.75 Å². The number of hydrogen-bond acceptors (Lipinski definition) is 6. The SMILES string of the molecule is COc1ccccc1CNC(=O)COC(=O)c1cc(S(=O)(=O)N2CCCCC2)ccc1Cl. The predicted molar refractivity (Wildman–Crippen MR) is 119 cm³/mol. The molecule has 1 heterocycles. The van der Waals surface area contributed by atoms with E-state index in [1.165, 1.54) is 29.6 Å². The van der Waals surface area contributed by atoms with Gasteiger partial charge in [0.15, 0.2) is 6.61 Å². The van der Waals surface area contributed by atoms with Gasteiger partial charge in [-0.15, -0.1) is 0 Å². The first-order valence-corrected chi connectivity index (χ1v) is 12.0. The summed E-state index contributed by atoms with van der Waals surface area (Å²) in [5.41, 5.74) is 0.663. The summed E-state index contributed by atoms with van der Waals surface area (Å²) in [5.74, 6) is -0.765. The zero-order chi connectivity index (χ0) is 23.1. The van der Waals surface area contributed by atoms with Crippen LogP contribution in [0.3, 0.4) is 0 Å². The Labute approximate surface area is 192 Å². The Bertz CT molecular complexity index is 1080. The number of carbonyl (C=O) groups excluding carboxylic acids is 2. The van der Waals surface area contributed by atoms with Gasteiger partial charge in [-0.25, -0.2) is 13.2 Å². The molecule has 0 aromatic heterocycles. The lowest BCUT2D eigenvalue weighted by Gasteiger charge is -2.26. The van der Waals surface area contributed by atoms with E-state index >= 15 is 0 Å². The lowest BCUT2D eigenvalue weighted by atomic mass is 10.2. The van der Waals surface area contributed by atoms with Gasteiger partial charge >= 0.3 is 5.97 Å². The van der Waals surface area contributed by atoms with E-state index in [9.17, 15) is 18.0 Å². The largest absolute Gasteiger partial charge is 0.496 e. The number of para-hydroxylation sites is 1. The van der Waals surface area contributed by atoms with Crippen molar-refractivity contribution >= 4 is 33.5 Å². The van der Waals surface area contributed by atoms with Crippen LogP contribution in [0, 0.1) is 0 Å². The number of halogens is 1. The van der Waals surface area contributed by atoms with Crippen LogP contribution in [0.25, 0.3) is 0 Å². The van der Waals surface area contributed by atoms with Gasteiger partial charge in [0.2, 0.25) is 10.0 Å². The summed E-state index contributed by atoms with van der Waals surface area (Å²) < 4.78 is 37.4. The lowest BCUT2D eigenvalue weighted by molar-refractivity contribution is -0.124. The van der Waals surface area contributed by atoms with Crippen LogP contribution in [0.4, 0.5) is 0 Å². The van der Waals surface area contributed by atoms with Crippen LogP contribution in [0.5, 0.6) is 5.75 Å². The Morgan fingerprint density at radius 1 is 1.09 bits per heavy atom. The molecule has 10 heteroatoms. The quantitative estimate of drug-likeness (QED) is 0.583. The monoisotopic (exact) mass is 480 g/mol. The van der Waals surface area contributed by atoms with E-state index in [1.54, 1.807) is 12.1 Å². The molecular formula is C22H25ClN2O6S. The Balaban J connectivity index is 1.62. The number of ether oxygens (including phenoxy) is 2. The van der Waals surface area contributed by atoms with Crippen molar-refractivity contribution in [3.05, 3.63) is 58.6 Å². The smallest absolute Gasteiger partial charge is 0.340 e. The third kappa shape index (κ3) is 5.79. The van der Waals surface area contributed by atoms with Gasteiger partial charge in [0.25, 0.3) is 5.91 Å². The van der Waals surface area contributed by atoms with Crippen LogP contribution in [-0.4, -0.2) is 51.4 Å². The molecule has 2 aromatic rings. The molecule has 1 saturated heterocycles. The van der Waals surface area contributed by atoms with E-state index in [1.807, 2.05) is 12.1 Å². The van der Waals surface area contributed by atoms with E-state index in [-0.39, 0.29) is 22.0 Å². The zero-order valence-electron chi connectivity index (χ0n) is 17.7. The molecule has 1 fully saturated rings. The number of amides is 1. The molecule has 0 unspecified atom stereocenters. The molecule has 0 bridgehead atoms. The van der Waals surface area contributed by atoms with Crippen molar-refractivity contribution in [1.29, 1.82) is 0 Å². The van der Waals surface area contributed by atoms with Gasteiger partial charge in [-0.1, -0.05) is 36.2 Å². The molecule has 3 rings (SSSR count). The maximum Gasteiger partial charge on any atom is 0.340 e. The standard InChI is InChI=1S/C22H25ClN2O6S/c1-30-20-8-4-3-7-16(20)14-24-21(26)15-31-22(27)18-13-17(9-10-19(18)23)32(28,29)25-11-5-2-6-12-25/h3-4,7-10,13H,2,5-6,11-12,14-15H2,1H3,(H,24,26). The summed E-state index contributed by atoms with van der Waals surface area (Å²) in [7, 11) is -2.20. The van der Waals surface area contributed by atoms with Gasteiger partial charge in [-0.3, -0.25) is 4.79 Å². The van der Waals surface area contributed by atoms with Crippen molar-refractivity contribution in [1.82, 2.24) is 9.62 Å². The van der Waals surface area contributed by atoms with Crippen LogP contribution in [0.1, 0.15) is 35.2 Å². The summed E-state index contributed by atoms with van der Waals surface area (Å²) in [5, 5.41) is 2.69. The highest BCUT2D eigenvalue weighted by Crippen LogP contribution is 2.25. The molecule has 1 amide bonds. The molecule has 0 saturated carbocycles. The Morgan fingerprint density at radius 3 is 2.53 bits per heavy atom. The number of methoxy groups -OCH3 is 1. The normalized spacial score (nSPS) is 14.6. The fourth-order valence-corrected chi connectivity index (χ4v) is 5.12. The van der Waals surface area contributed by atoms with E-state index in [0.29, 0.717) is 18.8 Å². The number of piperidine rings is 1. The molecule has 1 aliphatic heterocycles. The fraction of sp³-hybridized carbons (Fsp3) is 0.364. The second-order valence-corrected chi connectivity index (χ2v) is 9.62. The molecule has 0 spiro atoms. The van der Waals surface area contributed by atoms with Gasteiger partial charge in [0, 0.05) is 25.2 Å². The highest BCUT2D eigenvalue weighted by atomic mass is 35.5. The maximum absolute atomic E-state index is 12.9. The molecule has 172 valence electrons. The molecule has 1 N–H and O–H groups in total. The van der Waals surface area contributed by atoms with E-state index in [4.69, 9.17) is 21.1 Å². The van der Waals surface area contributed by atoms with Crippen molar-refractivity contribution in [2.45, 2.75) is 30.7 Å². The van der Waals surface area contributed by atoms with E-state index in [2.05, 4.69) is 5.32 Å². The second kappa shape index (κ2) is 10.8. The maximum atomic E-state index is 12.9. The van der Waals surface area contributed by atoms with Gasteiger partial charge in [-0.05, 0) is 37.1 Å². The highest BCUT2D eigenvalue weighted by molar-refractivity contribution is 7.89. The number of rotatable bonds is 8. The molecular weight excluding hydrogens is 456 g/mol. The number of esters is 1. The van der Waals surface area contributed by atoms with Crippen molar-refractivity contribution in [2.75, 3.05) is 26.8 Å². The first-order valence-electron chi connectivity index (χ1n) is 10.2. The van der Waals surface area contributed by atoms with Gasteiger partial charge in [0.05, 0.1) is 22.6 Å². The molecule has 2 aromatic carbocycles. The fourth-order valence-electron chi connectivity index (χ4n) is 3.38. The average molecular weight is 481 g/mol. The van der Waals surface area contributed by atoms with E-state index < -0.39 is 28.5 Å². The molecule has 32 heavy (non-hydrogen) atoms. The van der Waals surface area contributed by atoms with Crippen LogP contribution in [0.2, 0.25) is 5.02 Å². The zero-order valence-corrected chi connectivity index (χ0v) is 19.2. The first-order chi connectivity index (χ1) is 15.3. The molecule has 0 radical (unpaired) electrons. The van der Waals surface area contributed by atoms with Crippen LogP contribution < -0.4 is 10.1 Å². The highest BCUT2D eigenvalue weighted by Gasteiger charge is 2.27. The van der Waals surface area contributed by atoms with Gasteiger partial charge < -0.3 is 14.8 Å². The summed E-state index contributed by atoms with van der Waals surface area (Å²) in [6, 6.07) is 11.1. The minimum atomic E-state index is -3.74. The number of hydrogen-bond donors (Lipinski definition) is 1. The lowest BCUT2D eigenvalue weighted by Crippen LogP contribution is -2.35. The number of sulfonamides is 1.